The van der Waals surface area contributed by atoms with Crippen LogP contribution < -0.4 is 10.1 Å². The van der Waals surface area contributed by atoms with Gasteiger partial charge in [0.1, 0.15) is 5.75 Å². The van der Waals surface area contributed by atoms with Crippen LogP contribution in [0.25, 0.3) is 0 Å². The van der Waals surface area contributed by atoms with Crippen molar-refractivity contribution >= 4 is 32.4 Å². The third kappa shape index (κ3) is 4.71. The molecule has 2 atom stereocenters. The summed E-state index contributed by atoms with van der Waals surface area (Å²) in [5.41, 5.74) is 0. The number of piperidine rings is 1. The SMILES string of the molecule is CC[C@@H]1CN(S(=O)(=O)c2ccc(OC)cc2)CC[C@H]1CC(=O)Nc1nccs1. The van der Waals surface area contributed by atoms with Gasteiger partial charge >= 0.3 is 0 Å². The maximum Gasteiger partial charge on any atom is 0.243 e. The molecule has 0 bridgehead atoms. The first-order valence-electron chi connectivity index (χ1n) is 9.27. The van der Waals surface area contributed by atoms with E-state index < -0.39 is 10.0 Å². The van der Waals surface area contributed by atoms with Crippen molar-refractivity contribution in [2.45, 2.75) is 31.1 Å². The number of carbonyl (C=O) groups excluding carboxylic acids is 1. The van der Waals surface area contributed by atoms with Crippen molar-refractivity contribution < 1.29 is 17.9 Å². The molecule has 0 radical (unpaired) electrons. The number of hydrogen-bond donors (Lipinski definition) is 1. The zero-order chi connectivity index (χ0) is 20.1. The Morgan fingerprint density at radius 1 is 1.32 bits per heavy atom. The van der Waals surface area contributed by atoms with Gasteiger partial charge in [-0.3, -0.25) is 4.79 Å². The van der Waals surface area contributed by atoms with E-state index in [-0.39, 0.29) is 22.6 Å². The zero-order valence-corrected chi connectivity index (χ0v) is 17.6. The summed E-state index contributed by atoms with van der Waals surface area (Å²) in [4.78, 5) is 16.6. The zero-order valence-electron chi connectivity index (χ0n) is 16.0. The van der Waals surface area contributed by atoms with Crippen LogP contribution in [0.3, 0.4) is 0 Å². The molecule has 1 aliphatic heterocycles. The molecule has 9 heteroatoms. The molecule has 1 aromatic heterocycles. The Kier molecular flexibility index (Phi) is 6.69. The van der Waals surface area contributed by atoms with Crippen LogP contribution in [0.1, 0.15) is 26.2 Å². The van der Waals surface area contributed by atoms with Gasteiger partial charge in [-0.15, -0.1) is 11.3 Å². The summed E-state index contributed by atoms with van der Waals surface area (Å²) in [5.74, 6) is 0.858. The Hall–Kier alpha value is -1.97. The fourth-order valence-electron chi connectivity index (χ4n) is 3.59. The number of amides is 1. The number of rotatable bonds is 7. The Morgan fingerprint density at radius 2 is 2.07 bits per heavy atom. The number of aromatic nitrogens is 1. The first kappa shape index (κ1) is 20.8. The van der Waals surface area contributed by atoms with Crippen molar-refractivity contribution in [1.29, 1.82) is 0 Å². The van der Waals surface area contributed by atoms with Crippen LogP contribution in [-0.4, -0.2) is 43.8 Å². The molecule has 0 saturated carbocycles. The molecule has 2 aromatic rings. The van der Waals surface area contributed by atoms with Crippen LogP contribution >= 0.6 is 11.3 Å². The quantitative estimate of drug-likeness (QED) is 0.739. The van der Waals surface area contributed by atoms with Gasteiger partial charge in [0.15, 0.2) is 5.13 Å². The topological polar surface area (TPSA) is 88.6 Å². The van der Waals surface area contributed by atoms with Crippen molar-refractivity contribution in [3.63, 3.8) is 0 Å². The van der Waals surface area contributed by atoms with Crippen molar-refractivity contribution in [3.8, 4) is 5.75 Å². The van der Waals surface area contributed by atoms with Gasteiger partial charge < -0.3 is 10.1 Å². The fraction of sp³-hybridized carbons (Fsp3) is 0.474. The Morgan fingerprint density at radius 3 is 2.68 bits per heavy atom. The number of sulfonamides is 1. The molecule has 0 spiro atoms. The van der Waals surface area contributed by atoms with Crippen LogP contribution in [0.15, 0.2) is 40.7 Å². The lowest BCUT2D eigenvalue weighted by atomic mass is 9.82. The van der Waals surface area contributed by atoms with E-state index in [1.165, 1.54) is 15.6 Å². The monoisotopic (exact) mass is 423 g/mol. The minimum absolute atomic E-state index is 0.0649. The van der Waals surface area contributed by atoms with Crippen molar-refractivity contribution in [3.05, 3.63) is 35.8 Å². The van der Waals surface area contributed by atoms with Gasteiger partial charge in [0, 0.05) is 31.1 Å². The second kappa shape index (κ2) is 9.02. The van der Waals surface area contributed by atoms with Gasteiger partial charge in [-0.25, -0.2) is 13.4 Å². The molecule has 1 saturated heterocycles. The van der Waals surface area contributed by atoms with Crippen LogP contribution in [0.2, 0.25) is 0 Å². The van der Waals surface area contributed by atoms with Gasteiger partial charge in [-0.05, 0) is 42.5 Å². The first-order chi connectivity index (χ1) is 13.4. The molecule has 1 aliphatic rings. The highest BCUT2D eigenvalue weighted by molar-refractivity contribution is 7.89. The number of benzene rings is 1. The third-order valence-corrected chi connectivity index (χ3v) is 7.77. The van der Waals surface area contributed by atoms with E-state index in [9.17, 15) is 13.2 Å². The summed E-state index contributed by atoms with van der Waals surface area (Å²) >= 11 is 1.38. The molecule has 1 N–H and O–H groups in total. The van der Waals surface area contributed by atoms with E-state index in [1.54, 1.807) is 37.6 Å². The number of nitrogens with one attached hydrogen (secondary N) is 1. The molecular formula is C19H25N3O4S2. The fourth-order valence-corrected chi connectivity index (χ4v) is 5.64. The number of carbonyl (C=O) groups is 1. The summed E-state index contributed by atoms with van der Waals surface area (Å²) in [6.45, 7) is 2.89. The first-order valence-corrected chi connectivity index (χ1v) is 11.6. The summed E-state index contributed by atoms with van der Waals surface area (Å²) in [6, 6.07) is 6.45. The molecule has 0 unspecified atom stereocenters. The van der Waals surface area contributed by atoms with E-state index in [2.05, 4.69) is 10.3 Å². The second-order valence-corrected chi connectivity index (χ2v) is 9.68. The molecule has 1 fully saturated rings. The number of anilines is 1. The lowest BCUT2D eigenvalue weighted by molar-refractivity contribution is -0.117. The van der Waals surface area contributed by atoms with Gasteiger partial charge in [0.05, 0.1) is 12.0 Å². The summed E-state index contributed by atoms with van der Waals surface area (Å²) < 4.78 is 32.6. The van der Waals surface area contributed by atoms with Crippen LogP contribution in [0, 0.1) is 11.8 Å². The van der Waals surface area contributed by atoms with Gasteiger partial charge in [-0.1, -0.05) is 13.3 Å². The maximum atomic E-state index is 13.0. The molecule has 2 heterocycles. The number of nitrogens with zero attached hydrogens (tertiary/aromatic N) is 2. The Labute approximate surface area is 169 Å². The molecule has 7 nitrogen and oxygen atoms in total. The molecule has 1 amide bonds. The van der Waals surface area contributed by atoms with E-state index in [0.29, 0.717) is 36.8 Å². The van der Waals surface area contributed by atoms with E-state index in [4.69, 9.17) is 4.74 Å². The van der Waals surface area contributed by atoms with Gasteiger partial charge in [0.2, 0.25) is 15.9 Å². The lowest BCUT2D eigenvalue weighted by Gasteiger charge is -2.37. The normalized spacial score (nSPS) is 20.6. The molecule has 0 aliphatic carbocycles. The van der Waals surface area contributed by atoms with Crippen molar-refractivity contribution in [2.75, 3.05) is 25.5 Å². The number of thiazole rings is 1. The standard InChI is InChI=1S/C19H25N3O4S2/c1-3-14-13-22(28(24,25)17-6-4-16(26-2)5-7-17)10-8-15(14)12-18(23)21-19-20-9-11-27-19/h4-7,9,11,14-15H,3,8,10,12-13H2,1-2H3,(H,20,21,23)/t14-,15+/m1/s1. The summed E-state index contributed by atoms with van der Waals surface area (Å²) in [6.07, 6.45) is 3.52. The van der Waals surface area contributed by atoms with Crippen LogP contribution in [-0.2, 0) is 14.8 Å². The highest BCUT2D eigenvalue weighted by atomic mass is 32.2. The Balaban J connectivity index is 1.65. The molecule has 152 valence electrons. The summed E-state index contributed by atoms with van der Waals surface area (Å²) in [7, 11) is -2.01. The minimum Gasteiger partial charge on any atom is -0.497 e. The van der Waals surface area contributed by atoms with Gasteiger partial charge in [0.25, 0.3) is 0 Å². The summed E-state index contributed by atoms with van der Waals surface area (Å²) in [5, 5.41) is 5.22. The lowest BCUT2D eigenvalue weighted by Crippen LogP contribution is -2.44. The molecule has 3 rings (SSSR count). The van der Waals surface area contributed by atoms with Crippen LogP contribution in [0.4, 0.5) is 5.13 Å². The van der Waals surface area contributed by atoms with E-state index in [1.807, 2.05) is 12.3 Å². The number of hydrogen-bond acceptors (Lipinski definition) is 6. The molecule has 28 heavy (non-hydrogen) atoms. The van der Waals surface area contributed by atoms with E-state index in [0.717, 1.165) is 6.42 Å². The van der Waals surface area contributed by atoms with E-state index >= 15 is 0 Å². The third-order valence-electron chi connectivity index (χ3n) is 5.20. The average Bonchev–Trinajstić information content (AvgIpc) is 3.21. The molecule has 1 aromatic carbocycles. The highest BCUT2D eigenvalue weighted by Gasteiger charge is 2.35. The van der Waals surface area contributed by atoms with Gasteiger partial charge in [-0.2, -0.15) is 4.31 Å². The average molecular weight is 424 g/mol. The van der Waals surface area contributed by atoms with Crippen LogP contribution in [0.5, 0.6) is 5.75 Å². The smallest absolute Gasteiger partial charge is 0.243 e. The predicted octanol–water partition coefficient (Wildman–Crippen LogP) is 3.22. The maximum absolute atomic E-state index is 13.0. The predicted molar refractivity (Wildman–Crippen MR) is 109 cm³/mol. The van der Waals surface area contributed by atoms with Crippen molar-refractivity contribution in [2.24, 2.45) is 11.8 Å². The highest BCUT2D eigenvalue weighted by Crippen LogP contribution is 2.32. The Bertz CT molecular complexity index is 882. The van der Waals surface area contributed by atoms with Crippen molar-refractivity contribution in [1.82, 2.24) is 9.29 Å². The largest absolute Gasteiger partial charge is 0.497 e. The molecular weight excluding hydrogens is 398 g/mol. The number of ether oxygens (including phenoxy) is 1. The second-order valence-electron chi connectivity index (χ2n) is 6.85. The number of methoxy groups -OCH3 is 1. The minimum atomic E-state index is -3.55.